The van der Waals surface area contributed by atoms with Gasteiger partial charge in [0.2, 0.25) is 0 Å². The second-order valence-electron chi connectivity index (χ2n) is 6.76. The van der Waals surface area contributed by atoms with Crippen molar-refractivity contribution in [3.63, 3.8) is 0 Å². The largest absolute Gasteiger partial charge is 0.0986 e. The number of hydrogen-bond donors (Lipinski definition) is 0. The van der Waals surface area contributed by atoms with Crippen LogP contribution in [-0.4, -0.2) is 0 Å². The standard InChI is InChI=1S/C21H21Br/c1-3-15-10-11-21(14(2)12-15)19-7-5-4-6-17(19)18-9-8-16(22)13-20(18)21/h4-9,13,15H,2-3,10-12H2,1H3. The highest BCUT2D eigenvalue weighted by Crippen LogP contribution is 2.58. The number of hydrogen-bond acceptors (Lipinski definition) is 0. The summed E-state index contributed by atoms with van der Waals surface area (Å²) in [6.07, 6.45) is 4.93. The predicted octanol–water partition coefficient (Wildman–Crippen LogP) is 6.48. The minimum Gasteiger partial charge on any atom is -0.0986 e. The van der Waals surface area contributed by atoms with Gasteiger partial charge in [0.05, 0.1) is 0 Å². The lowest BCUT2D eigenvalue weighted by atomic mass is 9.62. The highest BCUT2D eigenvalue weighted by atomic mass is 79.9. The van der Waals surface area contributed by atoms with Crippen molar-refractivity contribution in [3.8, 4) is 11.1 Å². The van der Waals surface area contributed by atoms with Crippen LogP contribution >= 0.6 is 15.9 Å². The topological polar surface area (TPSA) is 0 Å². The molecule has 2 atom stereocenters. The van der Waals surface area contributed by atoms with Crippen molar-refractivity contribution in [2.24, 2.45) is 5.92 Å². The van der Waals surface area contributed by atoms with E-state index in [9.17, 15) is 0 Å². The van der Waals surface area contributed by atoms with Gasteiger partial charge in [-0.3, -0.25) is 0 Å². The predicted molar refractivity (Wildman–Crippen MR) is 97.1 cm³/mol. The maximum Gasteiger partial charge on any atom is 0.0421 e. The zero-order chi connectivity index (χ0) is 15.3. The van der Waals surface area contributed by atoms with Gasteiger partial charge >= 0.3 is 0 Å². The second-order valence-corrected chi connectivity index (χ2v) is 7.68. The van der Waals surface area contributed by atoms with Gasteiger partial charge in [-0.1, -0.05) is 71.8 Å². The molecule has 2 aromatic rings. The highest BCUT2D eigenvalue weighted by Gasteiger charge is 2.47. The van der Waals surface area contributed by atoms with Crippen molar-refractivity contribution in [2.45, 2.75) is 38.0 Å². The van der Waals surface area contributed by atoms with Crippen molar-refractivity contribution >= 4 is 15.9 Å². The molecule has 0 aliphatic heterocycles. The van der Waals surface area contributed by atoms with Gasteiger partial charge in [0.15, 0.2) is 0 Å². The molecular weight excluding hydrogens is 332 g/mol. The lowest BCUT2D eigenvalue weighted by Gasteiger charge is -2.41. The van der Waals surface area contributed by atoms with E-state index in [4.69, 9.17) is 0 Å². The van der Waals surface area contributed by atoms with E-state index >= 15 is 0 Å². The highest BCUT2D eigenvalue weighted by molar-refractivity contribution is 9.10. The van der Waals surface area contributed by atoms with Gasteiger partial charge in [0.1, 0.15) is 0 Å². The van der Waals surface area contributed by atoms with Gasteiger partial charge in [-0.05, 0) is 59.6 Å². The van der Waals surface area contributed by atoms with E-state index < -0.39 is 0 Å². The average Bonchev–Trinajstić information content (AvgIpc) is 2.81. The number of rotatable bonds is 1. The van der Waals surface area contributed by atoms with Crippen LogP contribution < -0.4 is 0 Å². The molecular formula is C21H21Br. The molecule has 1 heteroatoms. The van der Waals surface area contributed by atoms with Crippen LogP contribution in [0.3, 0.4) is 0 Å². The van der Waals surface area contributed by atoms with E-state index in [-0.39, 0.29) is 5.41 Å². The van der Waals surface area contributed by atoms with Crippen LogP contribution in [0, 0.1) is 5.92 Å². The Morgan fingerprint density at radius 3 is 2.68 bits per heavy atom. The van der Waals surface area contributed by atoms with Crippen LogP contribution in [0.15, 0.2) is 59.1 Å². The first-order valence-corrected chi connectivity index (χ1v) is 9.04. The van der Waals surface area contributed by atoms with Crippen molar-refractivity contribution in [3.05, 3.63) is 70.2 Å². The molecule has 2 aliphatic carbocycles. The Morgan fingerprint density at radius 1 is 1.14 bits per heavy atom. The van der Waals surface area contributed by atoms with Gasteiger partial charge in [-0.25, -0.2) is 0 Å². The summed E-state index contributed by atoms with van der Waals surface area (Å²) in [5.74, 6) is 0.807. The summed E-state index contributed by atoms with van der Waals surface area (Å²) < 4.78 is 1.17. The van der Waals surface area contributed by atoms with E-state index in [2.05, 4.69) is 71.9 Å². The number of allylic oxidation sites excluding steroid dienone is 1. The van der Waals surface area contributed by atoms with E-state index in [0.29, 0.717) is 0 Å². The Kier molecular flexibility index (Phi) is 3.30. The summed E-state index contributed by atoms with van der Waals surface area (Å²) in [5.41, 5.74) is 7.19. The molecule has 2 aliphatic rings. The van der Waals surface area contributed by atoms with Crippen molar-refractivity contribution in [1.82, 2.24) is 0 Å². The molecule has 0 bridgehead atoms. The van der Waals surface area contributed by atoms with E-state index in [1.807, 2.05) is 0 Å². The molecule has 0 aromatic heterocycles. The fraction of sp³-hybridized carbons (Fsp3) is 0.333. The molecule has 1 spiro atoms. The third-order valence-corrected chi connectivity index (χ3v) is 6.26. The molecule has 0 heterocycles. The molecule has 0 saturated heterocycles. The van der Waals surface area contributed by atoms with Crippen LogP contribution in [0.5, 0.6) is 0 Å². The van der Waals surface area contributed by atoms with Gasteiger partial charge in [0.25, 0.3) is 0 Å². The van der Waals surface area contributed by atoms with Gasteiger partial charge < -0.3 is 0 Å². The molecule has 1 fully saturated rings. The third kappa shape index (κ3) is 1.81. The number of benzene rings is 2. The summed E-state index contributed by atoms with van der Waals surface area (Å²) in [5, 5.41) is 0. The Labute approximate surface area is 141 Å². The fourth-order valence-electron chi connectivity index (χ4n) is 4.56. The average molecular weight is 353 g/mol. The van der Waals surface area contributed by atoms with E-state index in [0.717, 1.165) is 12.3 Å². The van der Waals surface area contributed by atoms with Gasteiger partial charge in [-0.2, -0.15) is 0 Å². The molecule has 0 amide bonds. The first-order chi connectivity index (χ1) is 10.7. The first-order valence-electron chi connectivity index (χ1n) is 8.25. The molecule has 22 heavy (non-hydrogen) atoms. The normalized spacial score (nSPS) is 26.1. The van der Waals surface area contributed by atoms with Crippen molar-refractivity contribution < 1.29 is 0 Å². The summed E-state index contributed by atoms with van der Waals surface area (Å²) in [6, 6.07) is 15.7. The van der Waals surface area contributed by atoms with Crippen LogP contribution in [-0.2, 0) is 5.41 Å². The minimum atomic E-state index is 0.0430. The van der Waals surface area contributed by atoms with Gasteiger partial charge in [0, 0.05) is 9.89 Å². The fourth-order valence-corrected chi connectivity index (χ4v) is 4.92. The number of halogens is 1. The summed E-state index contributed by atoms with van der Waals surface area (Å²) in [4.78, 5) is 0. The minimum absolute atomic E-state index is 0.0430. The Morgan fingerprint density at radius 2 is 1.91 bits per heavy atom. The van der Waals surface area contributed by atoms with E-state index in [1.54, 1.807) is 0 Å². The Bertz CT molecular complexity index is 758. The smallest absolute Gasteiger partial charge is 0.0421 e. The summed E-state index contributed by atoms with van der Waals surface area (Å²) in [7, 11) is 0. The molecule has 1 saturated carbocycles. The maximum atomic E-state index is 4.56. The molecule has 0 N–H and O–H groups in total. The van der Waals surface area contributed by atoms with Crippen LogP contribution in [0.4, 0.5) is 0 Å². The molecule has 0 nitrogen and oxygen atoms in total. The first kappa shape index (κ1) is 14.3. The lowest BCUT2D eigenvalue weighted by molar-refractivity contribution is 0.338. The molecule has 0 radical (unpaired) electrons. The molecule has 2 unspecified atom stereocenters. The van der Waals surface area contributed by atoms with Gasteiger partial charge in [-0.15, -0.1) is 0 Å². The second kappa shape index (κ2) is 5.09. The van der Waals surface area contributed by atoms with Crippen molar-refractivity contribution in [1.29, 1.82) is 0 Å². The zero-order valence-corrected chi connectivity index (χ0v) is 14.6. The molecule has 112 valence electrons. The van der Waals surface area contributed by atoms with E-state index in [1.165, 1.54) is 51.6 Å². The molecule has 2 aromatic carbocycles. The SMILES string of the molecule is C=C1CC(CC)CCC12c1ccccc1-c1ccc(Br)cc12. The Hall–Kier alpha value is -1.34. The van der Waals surface area contributed by atoms with Crippen LogP contribution in [0.1, 0.15) is 43.7 Å². The number of fused-ring (bicyclic) bond motifs is 5. The monoisotopic (exact) mass is 352 g/mol. The molecule has 4 rings (SSSR count). The van der Waals surface area contributed by atoms with Crippen LogP contribution in [0.2, 0.25) is 0 Å². The summed E-state index contributed by atoms with van der Waals surface area (Å²) in [6.45, 7) is 6.87. The zero-order valence-electron chi connectivity index (χ0n) is 13.0. The Balaban J connectivity index is 1.96. The summed E-state index contributed by atoms with van der Waals surface area (Å²) >= 11 is 3.68. The quantitative estimate of drug-likeness (QED) is 0.515. The third-order valence-electron chi connectivity index (χ3n) is 5.76. The van der Waals surface area contributed by atoms with Crippen molar-refractivity contribution in [2.75, 3.05) is 0 Å². The van der Waals surface area contributed by atoms with Crippen LogP contribution in [0.25, 0.3) is 11.1 Å². The lowest BCUT2D eigenvalue weighted by Crippen LogP contribution is -2.33. The maximum absolute atomic E-state index is 4.56.